The lowest BCUT2D eigenvalue weighted by molar-refractivity contribution is 0.764. The first-order valence-corrected chi connectivity index (χ1v) is 4.88. The van der Waals surface area contributed by atoms with E-state index >= 15 is 0 Å². The fraction of sp³-hybridized carbons (Fsp3) is 0.200. The maximum Gasteiger partial charge on any atom is 0.158 e. The average Bonchev–Trinajstić information content (AvgIpc) is 2.43. The summed E-state index contributed by atoms with van der Waals surface area (Å²) in [6.07, 6.45) is 0. The van der Waals surface area contributed by atoms with Crippen molar-refractivity contribution >= 4 is 17.3 Å². The van der Waals surface area contributed by atoms with Crippen LogP contribution in [-0.4, -0.2) is 14.8 Å². The van der Waals surface area contributed by atoms with E-state index in [9.17, 15) is 0 Å². The number of nitrogens with zero attached hydrogens (tertiary/aromatic N) is 3. The van der Waals surface area contributed by atoms with E-state index in [4.69, 9.17) is 17.3 Å². The minimum atomic E-state index is 0.602. The third-order valence-corrected chi connectivity index (χ3v) is 2.27. The zero-order chi connectivity index (χ0) is 11.0. The van der Waals surface area contributed by atoms with Gasteiger partial charge in [0.15, 0.2) is 5.82 Å². The highest BCUT2D eigenvalue weighted by Gasteiger charge is 2.08. The van der Waals surface area contributed by atoms with Gasteiger partial charge < -0.3 is 5.73 Å². The van der Waals surface area contributed by atoms with Crippen LogP contribution in [0.2, 0.25) is 5.02 Å². The Bertz CT molecular complexity index is 484. The summed E-state index contributed by atoms with van der Waals surface area (Å²) < 4.78 is 1.71. The van der Waals surface area contributed by atoms with Gasteiger partial charge in [0.25, 0.3) is 0 Å². The van der Waals surface area contributed by atoms with Crippen LogP contribution in [0.4, 0.5) is 5.69 Å². The first kappa shape index (κ1) is 9.98. The molecule has 0 aliphatic carbocycles. The summed E-state index contributed by atoms with van der Waals surface area (Å²) in [5.41, 5.74) is 7.21. The highest BCUT2D eigenvalue weighted by Crippen LogP contribution is 2.24. The second-order valence-electron chi connectivity index (χ2n) is 3.38. The lowest BCUT2D eigenvalue weighted by Gasteiger charge is -2.02. The molecule has 0 saturated carbocycles. The fourth-order valence-corrected chi connectivity index (χ4v) is 1.75. The summed E-state index contributed by atoms with van der Waals surface area (Å²) in [6.45, 7) is 1.84. The van der Waals surface area contributed by atoms with E-state index in [1.54, 1.807) is 10.7 Å². The Balaban J connectivity index is 2.58. The normalized spacial score (nSPS) is 10.6. The van der Waals surface area contributed by atoms with Gasteiger partial charge in [0.1, 0.15) is 5.82 Å². The molecule has 4 nitrogen and oxygen atoms in total. The summed E-state index contributed by atoms with van der Waals surface area (Å²) in [4.78, 5) is 4.30. The molecule has 0 aliphatic heterocycles. The van der Waals surface area contributed by atoms with Crippen LogP contribution in [0.1, 0.15) is 5.82 Å². The lowest BCUT2D eigenvalue weighted by atomic mass is 10.2. The van der Waals surface area contributed by atoms with Gasteiger partial charge in [-0.3, -0.25) is 0 Å². The summed E-state index contributed by atoms with van der Waals surface area (Å²) in [7, 11) is 1.84. The summed E-state index contributed by atoms with van der Waals surface area (Å²) in [5.74, 6) is 1.49. The lowest BCUT2D eigenvalue weighted by Crippen LogP contribution is -1.95. The number of nitrogen functional groups attached to an aromatic ring is 1. The molecule has 0 amide bonds. The van der Waals surface area contributed by atoms with Gasteiger partial charge in [-0.05, 0) is 25.1 Å². The van der Waals surface area contributed by atoms with Crippen LogP contribution >= 0.6 is 11.6 Å². The van der Waals surface area contributed by atoms with Crippen molar-refractivity contribution in [3.63, 3.8) is 0 Å². The molecular weight excluding hydrogens is 212 g/mol. The molecular formula is C10H11ClN4. The molecule has 1 aromatic heterocycles. The van der Waals surface area contributed by atoms with Crippen LogP contribution in [-0.2, 0) is 7.05 Å². The molecule has 0 saturated heterocycles. The van der Waals surface area contributed by atoms with Gasteiger partial charge >= 0.3 is 0 Å². The third-order valence-electron chi connectivity index (χ3n) is 2.05. The molecule has 0 aliphatic rings. The van der Waals surface area contributed by atoms with E-state index in [0.717, 1.165) is 17.2 Å². The van der Waals surface area contributed by atoms with E-state index in [0.29, 0.717) is 10.7 Å². The average molecular weight is 223 g/mol. The number of nitrogens with two attached hydrogens (primary N) is 1. The molecule has 1 heterocycles. The van der Waals surface area contributed by atoms with Crippen LogP contribution in [0.25, 0.3) is 11.4 Å². The maximum atomic E-state index is 5.92. The number of aryl methyl sites for hydroxylation is 2. The van der Waals surface area contributed by atoms with E-state index in [1.165, 1.54) is 0 Å². The highest BCUT2D eigenvalue weighted by atomic mass is 35.5. The molecule has 78 valence electrons. The van der Waals surface area contributed by atoms with Crippen LogP contribution in [0.15, 0.2) is 18.2 Å². The standard InChI is InChI=1S/C10H11ClN4/c1-6-13-10(15(2)14-6)7-3-8(11)5-9(12)4-7/h3-5H,12H2,1-2H3. The van der Waals surface area contributed by atoms with E-state index in [2.05, 4.69) is 10.1 Å². The largest absolute Gasteiger partial charge is 0.399 e. The van der Waals surface area contributed by atoms with Gasteiger partial charge in [-0.1, -0.05) is 11.6 Å². The van der Waals surface area contributed by atoms with Crippen molar-refractivity contribution in [3.05, 3.63) is 29.0 Å². The Morgan fingerprint density at radius 3 is 2.60 bits per heavy atom. The van der Waals surface area contributed by atoms with Crippen LogP contribution in [0.3, 0.4) is 0 Å². The van der Waals surface area contributed by atoms with Gasteiger partial charge in [-0.15, -0.1) is 0 Å². The van der Waals surface area contributed by atoms with Crippen molar-refractivity contribution in [1.29, 1.82) is 0 Å². The second-order valence-corrected chi connectivity index (χ2v) is 3.82. The van der Waals surface area contributed by atoms with Gasteiger partial charge in [-0.2, -0.15) is 5.10 Å². The molecule has 0 spiro atoms. The van der Waals surface area contributed by atoms with E-state index in [-0.39, 0.29) is 0 Å². The zero-order valence-electron chi connectivity index (χ0n) is 8.53. The summed E-state index contributed by atoms with van der Waals surface area (Å²) in [5, 5.41) is 4.77. The molecule has 1 aromatic carbocycles. The number of benzene rings is 1. The molecule has 0 atom stereocenters. The quantitative estimate of drug-likeness (QED) is 0.752. The van der Waals surface area contributed by atoms with Crippen molar-refractivity contribution in [1.82, 2.24) is 14.8 Å². The van der Waals surface area contributed by atoms with Gasteiger partial charge in [0.2, 0.25) is 0 Å². The molecule has 2 N–H and O–H groups in total. The summed E-state index contributed by atoms with van der Waals surface area (Å²) >= 11 is 5.92. The predicted molar refractivity (Wildman–Crippen MR) is 60.6 cm³/mol. The van der Waals surface area contributed by atoms with Crippen molar-refractivity contribution in [3.8, 4) is 11.4 Å². The van der Waals surface area contributed by atoms with Crippen LogP contribution in [0.5, 0.6) is 0 Å². The minimum Gasteiger partial charge on any atom is -0.399 e. The Labute approximate surface area is 92.7 Å². The molecule has 5 heteroatoms. The number of rotatable bonds is 1. The van der Waals surface area contributed by atoms with Gasteiger partial charge in [0, 0.05) is 23.3 Å². The first-order chi connectivity index (χ1) is 7.06. The van der Waals surface area contributed by atoms with Crippen molar-refractivity contribution < 1.29 is 0 Å². The second kappa shape index (κ2) is 3.55. The molecule has 0 radical (unpaired) electrons. The van der Waals surface area contributed by atoms with Crippen molar-refractivity contribution in [2.75, 3.05) is 5.73 Å². The molecule has 0 fully saturated rings. The number of aromatic nitrogens is 3. The predicted octanol–water partition coefficient (Wildman–Crippen LogP) is 2.03. The molecule has 0 unspecified atom stereocenters. The Hall–Kier alpha value is -1.55. The van der Waals surface area contributed by atoms with E-state index in [1.807, 2.05) is 26.1 Å². The molecule has 15 heavy (non-hydrogen) atoms. The Morgan fingerprint density at radius 1 is 1.33 bits per heavy atom. The number of halogens is 1. The van der Waals surface area contributed by atoms with E-state index < -0.39 is 0 Å². The first-order valence-electron chi connectivity index (χ1n) is 4.50. The van der Waals surface area contributed by atoms with Gasteiger partial charge in [-0.25, -0.2) is 9.67 Å². The Morgan fingerprint density at radius 2 is 2.07 bits per heavy atom. The SMILES string of the molecule is Cc1nc(-c2cc(N)cc(Cl)c2)n(C)n1. The monoisotopic (exact) mass is 222 g/mol. The van der Waals surface area contributed by atoms with Gasteiger partial charge in [0.05, 0.1) is 0 Å². The minimum absolute atomic E-state index is 0.602. The topological polar surface area (TPSA) is 56.7 Å². The number of anilines is 1. The van der Waals surface area contributed by atoms with Crippen LogP contribution < -0.4 is 5.73 Å². The third kappa shape index (κ3) is 1.94. The number of hydrogen-bond acceptors (Lipinski definition) is 3. The Kier molecular flexibility index (Phi) is 2.36. The number of hydrogen-bond donors (Lipinski definition) is 1. The maximum absolute atomic E-state index is 5.92. The molecule has 2 rings (SSSR count). The zero-order valence-corrected chi connectivity index (χ0v) is 9.28. The van der Waals surface area contributed by atoms with Crippen LogP contribution in [0, 0.1) is 6.92 Å². The molecule has 2 aromatic rings. The highest BCUT2D eigenvalue weighted by molar-refractivity contribution is 6.31. The molecule has 0 bridgehead atoms. The fourth-order valence-electron chi connectivity index (χ4n) is 1.51. The summed E-state index contributed by atoms with van der Waals surface area (Å²) in [6, 6.07) is 5.35. The van der Waals surface area contributed by atoms with Crippen molar-refractivity contribution in [2.45, 2.75) is 6.92 Å². The van der Waals surface area contributed by atoms with Crippen molar-refractivity contribution in [2.24, 2.45) is 7.05 Å². The smallest absolute Gasteiger partial charge is 0.158 e.